The molecule has 0 saturated carbocycles. The van der Waals surface area contributed by atoms with Gasteiger partial charge in [-0.05, 0) is 20.3 Å². The highest BCUT2D eigenvalue weighted by molar-refractivity contribution is 5.99. The molecule has 0 aliphatic heterocycles. The summed E-state index contributed by atoms with van der Waals surface area (Å²) in [6.07, 6.45) is -6.27. The topological polar surface area (TPSA) is 471 Å². The Morgan fingerprint density at radius 1 is 0.554 bits per heavy atom. The van der Waals surface area contributed by atoms with E-state index < -0.39 is 165 Å². The monoisotopic (exact) mass is 808 g/mol. The van der Waals surface area contributed by atoms with E-state index in [-0.39, 0.29) is 0 Å². The number of primary amides is 2. The lowest BCUT2D eigenvalue weighted by Gasteiger charge is -2.26. The summed E-state index contributed by atoms with van der Waals surface area (Å²) in [4.78, 5) is 135. The van der Waals surface area contributed by atoms with Gasteiger partial charge in [-0.2, -0.15) is 0 Å². The van der Waals surface area contributed by atoms with Crippen molar-refractivity contribution in [3.8, 4) is 0 Å². The number of nitrogens with one attached hydrogen (secondary N) is 7. The van der Waals surface area contributed by atoms with Crippen LogP contribution >= 0.6 is 0 Å². The highest BCUT2D eigenvalue weighted by atomic mass is 16.4. The molecular weight excluding hydrogens is 760 g/mol. The molecule has 27 nitrogen and oxygen atoms in total. The number of aliphatic hydroxyl groups is 4. The predicted octanol–water partition coefficient (Wildman–Crippen LogP) is -10.2. The molecule has 9 atom stereocenters. The molecule has 0 unspecified atom stereocenters. The minimum atomic E-state index is -1.99. The first-order valence-electron chi connectivity index (χ1n) is 16.4. The molecule has 0 aromatic heterocycles. The summed E-state index contributed by atoms with van der Waals surface area (Å²) in [5, 5.41) is 70.7. The Balaban J connectivity index is 6.02. The van der Waals surface area contributed by atoms with Gasteiger partial charge in [0.25, 0.3) is 0 Å². The minimum absolute atomic E-state index is 0.699. The second-order valence-corrected chi connectivity index (χ2v) is 12.1. The molecule has 0 radical (unpaired) electrons. The maximum Gasteiger partial charge on any atom is 0.328 e. The number of amides is 9. The first-order valence-corrected chi connectivity index (χ1v) is 16.4. The van der Waals surface area contributed by atoms with Crippen molar-refractivity contribution in [2.75, 3.05) is 19.8 Å². The maximum atomic E-state index is 13.2. The molecule has 0 rings (SSSR count). The van der Waals surface area contributed by atoms with Crippen LogP contribution in [0.25, 0.3) is 0 Å². The van der Waals surface area contributed by atoms with E-state index in [0.29, 0.717) is 0 Å². The van der Waals surface area contributed by atoms with Crippen molar-refractivity contribution in [3.63, 3.8) is 0 Å². The van der Waals surface area contributed by atoms with Crippen LogP contribution in [0.1, 0.15) is 39.5 Å². The highest BCUT2D eigenvalue weighted by Gasteiger charge is 2.34. The van der Waals surface area contributed by atoms with Gasteiger partial charge >= 0.3 is 11.9 Å². The van der Waals surface area contributed by atoms with Gasteiger partial charge in [0.1, 0.15) is 36.3 Å². The Bertz CT molecular complexity index is 1480. The summed E-state index contributed by atoms with van der Waals surface area (Å²) in [6, 6.07) is -12.7. The molecule has 0 bridgehead atoms. The fourth-order valence-electron chi connectivity index (χ4n) is 4.23. The van der Waals surface area contributed by atoms with Crippen molar-refractivity contribution in [1.29, 1.82) is 0 Å². The van der Waals surface area contributed by atoms with Crippen molar-refractivity contribution in [2.45, 2.75) is 94.0 Å². The van der Waals surface area contributed by atoms with E-state index in [4.69, 9.17) is 22.3 Å². The highest BCUT2D eigenvalue weighted by Crippen LogP contribution is 2.04. The molecule has 0 heterocycles. The van der Waals surface area contributed by atoms with Crippen LogP contribution in [0.4, 0.5) is 0 Å². The second-order valence-electron chi connectivity index (χ2n) is 12.1. The van der Waals surface area contributed by atoms with Crippen molar-refractivity contribution < 1.29 is 83.4 Å². The van der Waals surface area contributed by atoms with Crippen molar-refractivity contribution in [2.24, 2.45) is 17.2 Å². The summed E-state index contributed by atoms with van der Waals surface area (Å²) in [5.41, 5.74) is 15.8. The Morgan fingerprint density at radius 3 is 1.34 bits per heavy atom. The zero-order valence-corrected chi connectivity index (χ0v) is 30.1. The average molecular weight is 809 g/mol. The number of aliphatic hydroxyl groups excluding tert-OH is 4. The number of carbonyl (C=O) groups is 11. The van der Waals surface area contributed by atoms with E-state index in [1.54, 1.807) is 0 Å². The number of nitrogens with two attached hydrogens (primary N) is 3. The SMILES string of the molecule is C[C@@H](O)[C@H](N)C(=O)N[C@@H](CO)C(=O)N[C@@H](CC(N)=O)C(=O)N[C@@H](CO)C(=O)N[C@@H](CCC(=O)O)C(=O)N[C@@H](CC(N)=O)C(=O)NCC(=O)N[C@H](C(=O)O)[C@@H](C)O. The lowest BCUT2D eigenvalue weighted by molar-refractivity contribution is -0.144. The number of carboxylic acid groups (broad SMARTS) is 2. The minimum Gasteiger partial charge on any atom is -0.481 e. The molecule has 0 fully saturated rings. The van der Waals surface area contributed by atoms with Gasteiger partial charge in [0.05, 0.1) is 44.8 Å². The van der Waals surface area contributed by atoms with E-state index in [2.05, 4.69) is 0 Å². The van der Waals surface area contributed by atoms with Crippen LogP contribution in [0.15, 0.2) is 0 Å². The predicted molar refractivity (Wildman–Crippen MR) is 182 cm³/mol. The van der Waals surface area contributed by atoms with Gasteiger partial charge < -0.3 is 85.1 Å². The molecule has 316 valence electrons. The van der Waals surface area contributed by atoms with E-state index in [1.165, 1.54) is 0 Å². The summed E-state index contributed by atoms with van der Waals surface area (Å²) in [5.74, 6) is -14.2. The summed E-state index contributed by atoms with van der Waals surface area (Å²) in [6.45, 7) is -0.993. The van der Waals surface area contributed by atoms with Gasteiger partial charge in [-0.3, -0.25) is 47.9 Å². The Labute approximate surface area is 316 Å². The fourth-order valence-corrected chi connectivity index (χ4v) is 4.23. The van der Waals surface area contributed by atoms with Crippen molar-refractivity contribution >= 4 is 65.1 Å². The van der Waals surface area contributed by atoms with Crippen LogP contribution in [-0.4, -0.2) is 170 Å². The third kappa shape index (κ3) is 18.3. The standard InChI is InChI=1S/C29H48N10O17/c1-10(42)21(32)28(54)38-16(9-41)27(53)36-14(6-18(31)45)25(51)37-15(8-40)26(52)34-12(3-4-20(47)48)24(50)35-13(5-17(30)44)23(49)33-7-19(46)39-22(11(2)43)29(55)56/h10-16,21-22,40-43H,3-9,32H2,1-2H3,(H2,30,44)(H2,31,45)(H,33,49)(H,34,52)(H,35,50)(H,36,53)(H,37,51)(H,38,54)(H,39,46)(H,47,48)(H,55,56)/t10-,11-,12+,13+,14+,15+,16+,21+,22+/m1/s1. The summed E-state index contributed by atoms with van der Waals surface area (Å²) < 4.78 is 0. The Hall–Kier alpha value is -6.03. The Kier molecular flexibility index (Phi) is 21.8. The molecule has 0 aliphatic carbocycles. The molecule has 0 aromatic carbocycles. The molecule has 9 amide bonds. The average Bonchev–Trinajstić information content (AvgIpc) is 3.10. The van der Waals surface area contributed by atoms with E-state index in [1.807, 2.05) is 37.2 Å². The third-order valence-electron chi connectivity index (χ3n) is 7.30. The van der Waals surface area contributed by atoms with Gasteiger partial charge in [0, 0.05) is 6.42 Å². The number of carbonyl (C=O) groups excluding carboxylic acids is 9. The van der Waals surface area contributed by atoms with Crippen LogP contribution in [-0.2, 0) is 52.7 Å². The molecule has 0 aromatic rings. The van der Waals surface area contributed by atoms with Crippen LogP contribution in [0.3, 0.4) is 0 Å². The molecule has 19 N–H and O–H groups in total. The van der Waals surface area contributed by atoms with Gasteiger partial charge in [-0.15, -0.1) is 0 Å². The van der Waals surface area contributed by atoms with Crippen LogP contribution in [0.2, 0.25) is 0 Å². The normalized spacial score (nSPS) is 15.6. The quantitative estimate of drug-likeness (QED) is 0.0386. The Morgan fingerprint density at radius 2 is 0.946 bits per heavy atom. The molecule has 0 spiro atoms. The number of hydrogen-bond donors (Lipinski definition) is 16. The van der Waals surface area contributed by atoms with E-state index in [0.717, 1.165) is 13.8 Å². The summed E-state index contributed by atoms with van der Waals surface area (Å²) in [7, 11) is 0. The largest absolute Gasteiger partial charge is 0.481 e. The zero-order valence-electron chi connectivity index (χ0n) is 30.1. The van der Waals surface area contributed by atoms with Crippen LogP contribution in [0, 0.1) is 0 Å². The third-order valence-corrected chi connectivity index (χ3v) is 7.30. The summed E-state index contributed by atoms with van der Waals surface area (Å²) >= 11 is 0. The molecule has 56 heavy (non-hydrogen) atoms. The van der Waals surface area contributed by atoms with Gasteiger partial charge in [-0.25, -0.2) is 4.79 Å². The lowest BCUT2D eigenvalue weighted by atomic mass is 10.1. The molecule has 0 saturated heterocycles. The van der Waals surface area contributed by atoms with Gasteiger partial charge in [0.15, 0.2) is 6.04 Å². The van der Waals surface area contributed by atoms with E-state index in [9.17, 15) is 78.3 Å². The number of rotatable bonds is 26. The van der Waals surface area contributed by atoms with E-state index >= 15 is 0 Å². The maximum absolute atomic E-state index is 13.2. The number of hydrogen-bond acceptors (Lipinski definition) is 16. The van der Waals surface area contributed by atoms with Crippen LogP contribution in [0.5, 0.6) is 0 Å². The van der Waals surface area contributed by atoms with Gasteiger partial charge in [0.2, 0.25) is 53.2 Å². The second kappa shape index (κ2) is 24.4. The smallest absolute Gasteiger partial charge is 0.328 e. The van der Waals surface area contributed by atoms with Crippen molar-refractivity contribution in [1.82, 2.24) is 37.2 Å². The van der Waals surface area contributed by atoms with Gasteiger partial charge in [-0.1, -0.05) is 0 Å². The van der Waals surface area contributed by atoms with Crippen molar-refractivity contribution in [3.05, 3.63) is 0 Å². The molecule has 27 heteroatoms. The number of aliphatic carboxylic acids is 2. The number of carboxylic acids is 2. The van der Waals surface area contributed by atoms with Crippen LogP contribution < -0.4 is 54.4 Å². The molecular formula is C29H48N10O17. The fraction of sp³-hybridized carbons (Fsp3) is 0.621. The first kappa shape index (κ1) is 50.0. The first-order chi connectivity index (χ1) is 25.9. The lowest BCUT2D eigenvalue weighted by Crippen LogP contribution is -2.61. The zero-order chi connectivity index (χ0) is 43.4. The molecule has 0 aliphatic rings.